The molecule has 3 fully saturated rings. The summed E-state index contributed by atoms with van der Waals surface area (Å²) in [5.74, 6) is 1.50. The van der Waals surface area contributed by atoms with E-state index in [-0.39, 0.29) is 0 Å². The van der Waals surface area contributed by atoms with E-state index < -0.39 is 0 Å². The molecule has 130 valence electrons. The molecule has 0 aromatic heterocycles. The molecule has 3 aliphatic rings. The summed E-state index contributed by atoms with van der Waals surface area (Å²) in [5.41, 5.74) is 1.40. The molecule has 0 spiro atoms. The fourth-order valence-corrected chi connectivity index (χ4v) is 4.89. The van der Waals surface area contributed by atoms with Crippen LogP contribution in [-0.2, 0) is 0 Å². The topological polar surface area (TPSA) is 32.8 Å². The van der Waals surface area contributed by atoms with E-state index in [9.17, 15) is 4.79 Å². The number of nitrogens with zero attached hydrogens (tertiary/aromatic N) is 2. The van der Waals surface area contributed by atoms with E-state index in [2.05, 4.69) is 34.1 Å². The SMILES string of the molecule is COc1ccc([C@H]2C[C@H]3CC[C@@H](C2)N3C(=O)N2CCCCC2)cc1. The molecule has 0 aliphatic carbocycles. The smallest absolute Gasteiger partial charge is 0.320 e. The quantitative estimate of drug-likeness (QED) is 0.822. The number of hydrogen-bond donors (Lipinski definition) is 0. The third-order valence-corrected chi connectivity index (χ3v) is 6.17. The predicted molar refractivity (Wildman–Crippen MR) is 94.4 cm³/mol. The highest BCUT2D eigenvalue weighted by Crippen LogP contribution is 2.43. The van der Waals surface area contributed by atoms with E-state index in [0.29, 0.717) is 24.0 Å². The fraction of sp³-hybridized carbons (Fsp3) is 0.650. The minimum atomic E-state index is 0.315. The van der Waals surface area contributed by atoms with E-state index in [1.165, 1.54) is 37.7 Å². The molecule has 24 heavy (non-hydrogen) atoms. The van der Waals surface area contributed by atoms with E-state index >= 15 is 0 Å². The van der Waals surface area contributed by atoms with Crippen LogP contribution in [0.1, 0.15) is 56.4 Å². The molecule has 3 heterocycles. The number of hydrogen-bond acceptors (Lipinski definition) is 2. The van der Waals surface area contributed by atoms with Gasteiger partial charge in [0.25, 0.3) is 0 Å². The molecule has 4 nitrogen and oxygen atoms in total. The molecular weight excluding hydrogens is 300 g/mol. The molecule has 3 atom stereocenters. The largest absolute Gasteiger partial charge is 0.497 e. The van der Waals surface area contributed by atoms with Gasteiger partial charge in [0.05, 0.1) is 7.11 Å². The number of ether oxygens (including phenoxy) is 1. The van der Waals surface area contributed by atoms with Crippen LogP contribution < -0.4 is 4.74 Å². The molecule has 0 radical (unpaired) electrons. The first-order valence-corrected chi connectivity index (χ1v) is 9.47. The molecule has 1 aromatic rings. The molecule has 0 N–H and O–H groups in total. The van der Waals surface area contributed by atoms with Gasteiger partial charge in [-0.3, -0.25) is 0 Å². The summed E-state index contributed by atoms with van der Waals surface area (Å²) in [4.78, 5) is 17.3. The highest BCUT2D eigenvalue weighted by atomic mass is 16.5. The molecule has 4 heteroatoms. The van der Waals surface area contributed by atoms with Crippen LogP contribution in [0.15, 0.2) is 24.3 Å². The standard InChI is InChI=1S/C20H28N2O2/c1-24-19-9-5-15(6-10-19)16-13-17-7-8-18(14-16)22(17)20(23)21-11-3-2-4-12-21/h5-6,9-10,16-18H,2-4,7-8,11-14H2,1H3/t16-,17+,18-. The van der Waals surface area contributed by atoms with Crippen LogP contribution in [0.2, 0.25) is 0 Å². The van der Waals surface area contributed by atoms with Gasteiger partial charge in [-0.05, 0) is 68.6 Å². The Hall–Kier alpha value is -1.71. The third-order valence-electron chi connectivity index (χ3n) is 6.17. The van der Waals surface area contributed by atoms with Crippen LogP contribution in [0.25, 0.3) is 0 Å². The van der Waals surface area contributed by atoms with Crippen molar-refractivity contribution in [1.82, 2.24) is 9.80 Å². The van der Waals surface area contributed by atoms with Crippen LogP contribution in [0.4, 0.5) is 4.79 Å². The van der Waals surface area contributed by atoms with Crippen molar-refractivity contribution in [3.63, 3.8) is 0 Å². The highest BCUT2D eigenvalue weighted by Gasteiger charge is 2.44. The summed E-state index contributed by atoms with van der Waals surface area (Å²) in [6.45, 7) is 1.91. The molecule has 4 rings (SSSR count). The average Bonchev–Trinajstić information content (AvgIpc) is 2.91. The maximum atomic E-state index is 13.0. The van der Waals surface area contributed by atoms with Crippen LogP contribution >= 0.6 is 0 Å². The van der Waals surface area contributed by atoms with E-state index in [4.69, 9.17) is 4.74 Å². The Labute approximate surface area is 144 Å². The Bertz CT molecular complexity index is 566. The zero-order valence-corrected chi connectivity index (χ0v) is 14.6. The molecule has 2 amide bonds. The van der Waals surface area contributed by atoms with Gasteiger partial charge in [-0.2, -0.15) is 0 Å². The number of methoxy groups -OCH3 is 1. The van der Waals surface area contributed by atoms with Gasteiger partial charge in [0.15, 0.2) is 0 Å². The maximum Gasteiger partial charge on any atom is 0.320 e. The first-order valence-electron chi connectivity index (χ1n) is 9.47. The minimum absolute atomic E-state index is 0.315. The highest BCUT2D eigenvalue weighted by molar-refractivity contribution is 5.76. The number of carbonyl (C=O) groups is 1. The number of carbonyl (C=O) groups excluding carboxylic acids is 1. The van der Waals surface area contributed by atoms with E-state index in [1.807, 2.05) is 0 Å². The Morgan fingerprint density at radius 3 is 2.21 bits per heavy atom. The summed E-state index contributed by atoms with van der Waals surface area (Å²) >= 11 is 0. The van der Waals surface area contributed by atoms with Gasteiger partial charge in [-0.15, -0.1) is 0 Å². The van der Waals surface area contributed by atoms with Crippen molar-refractivity contribution in [3.05, 3.63) is 29.8 Å². The molecular formula is C20H28N2O2. The van der Waals surface area contributed by atoms with Crippen molar-refractivity contribution in [2.45, 2.75) is 62.9 Å². The number of piperidine rings is 2. The normalized spacial score (nSPS) is 29.6. The first-order chi connectivity index (χ1) is 11.8. The summed E-state index contributed by atoms with van der Waals surface area (Å²) < 4.78 is 5.27. The fourth-order valence-electron chi connectivity index (χ4n) is 4.89. The van der Waals surface area contributed by atoms with E-state index in [1.54, 1.807) is 7.11 Å². The van der Waals surface area contributed by atoms with Gasteiger partial charge in [-0.1, -0.05) is 12.1 Å². The number of amides is 2. The lowest BCUT2D eigenvalue weighted by molar-refractivity contribution is 0.0991. The monoisotopic (exact) mass is 328 g/mol. The lowest BCUT2D eigenvalue weighted by Gasteiger charge is -2.42. The molecule has 0 saturated carbocycles. The van der Waals surface area contributed by atoms with Crippen LogP contribution in [0, 0.1) is 0 Å². The Morgan fingerprint density at radius 2 is 1.62 bits per heavy atom. The van der Waals surface area contributed by atoms with Gasteiger partial charge in [-0.25, -0.2) is 4.79 Å². The lowest BCUT2D eigenvalue weighted by Crippen LogP contribution is -2.53. The molecule has 3 aliphatic heterocycles. The maximum absolute atomic E-state index is 13.0. The van der Waals surface area contributed by atoms with Gasteiger partial charge in [0.1, 0.15) is 5.75 Å². The van der Waals surface area contributed by atoms with Crippen molar-refractivity contribution in [3.8, 4) is 5.75 Å². The Balaban J connectivity index is 1.45. The second-order valence-electron chi connectivity index (χ2n) is 7.56. The van der Waals surface area contributed by atoms with Crippen molar-refractivity contribution >= 4 is 6.03 Å². The predicted octanol–water partition coefficient (Wildman–Crippen LogP) is 4.01. The van der Waals surface area contributed by atoms with Gasteiger partial charge >= 0.3 is 6.03 Å². The summed E-state index contributed by atoms with van der Waals surface area (Å²) in [6, 6.07) is 9.70. The van der Waals surface area contributed by atoms with Gasteiger partial charge in [0.2, 0.25) is 0 Å². The number of likely N-dealkylation sites (tertiary alicyclic amines) is 1. The van der Waals surface area contributed by atoms with E-state index in [0.717, 1.165) is 31.7 Å². The van der Waals surface area contributed by atoms with Gasteiger partial charge < -0.3 is 14.5 Å². The number of urea groups is 1. The summed E-state index contributed by atoms with van der Waals surface area (Å²) in [6.07, 6.45) is 8.20. The van der Waals surface area contributed by atoms with Gasteiger partial charge in [0, 0.05) is 25.2 Å². The van der Waals surface area contributed by atoms with Crippen molar-refractivity contribution in [2.75, 3.05) is 20.2 Å². The second kappa shape index (κ2) is 6.66. The molecule has 1 aromatic carbocycles. The second-order valence-corrected chi connectivity index (χ2v) is 7.56. The lowest BCUT2D eigenvalue weighted by atomic mass is 9.85. The zero-order valence-electron chi connectivity index (χ0n) is 14.6. The van der Waals surface area contributed by atoms with Crippen LogP contribution in [-0.4, -0.2) is 48.1 Å². The minimum Gasteiger partial charge on any atom is -0.497 e. The number of benzene rings is 1. The average molecular weight is 328 g/mol. The van der Waals surface area contributed by atoms with Crippen LogP contribution in [0.3, 0.4) is 0 Å². The molecule has 3 saturated heterocycles. The van der Waals surface area contributed by atoms with Crippen molar-refractivity contribution < 1.29 is 9.53 Å². The number of fused-ring (bicyclic) bond motifs is 2. The Kier molecular flexibility index (Phi) is 4.38. The molecule has 2 bridgehead atoms. The number of rotatable bonds is 2. The van der Waals surface area contributed by atoms with Crippen molar-refractivity contribution in [2.24, 2.45) is 0 Å². The zero-order chi connectivity index (χ0) is 16.5. The summed E-state index contributed by atoms with van der Waals surface area (Å²) in [5, 5.41) is 0. The van der Waals surface area contributed by atoms with Crippen LogP contribution in [0.5, 0.6) is 5.75 Å². The van der Waals surface area contributed by atoms with Crippen molar-refractivity contribution in [1.29, 1.82) is 0 Å². The molecule has 0 unspecified atom stereocenters. The Morgan fingerprint density at radius 1 is 1.00 bits per heavy atom. The third kappa shape index (κ3) is 2.87. The first kappa shape index (κ1) is 15.8. The summed E-state index contributed by atoms with van der Waals surface area (Å²) in [7, 11) is 1.71.